The molecule has 0 radical (unpaired) electrons. The van der Waals surface area contributed by atoms with E-state index in [1.807, 2.05) is 0 Å². The third-order valence-corrected chi connectivity index (χ3v) is 4.62. The first kappa shape index (κ1) is 26.5. The maximum absolute atomic E-state index is 11.7. The highest BCUT2D eigenvalue weighted by atomic mass is 16.6. The van der Waals surface area contributed by atoms with Gasteiger partial charge in [0, 0.05) is 25.3 Å². The van der Waals surface area contributed by atoms with E-state index in [1.165, 1.54) is 4.90 Å². The quantitative estimate of drug-likeness (QED) is 0.242. The van der Waals surface area contributed by atoms with Gasteiger partial charge in [0.05, 0.1) is 59.4 Å². The Hall–Kier alpha value is -1.55. The van der Waals surface area contributed by atoms with Crippen LogP contribution in [0.5, 0.6) is 0 Å². The molecule has 0 aliphatic carbocycles. The Balaban J connectivity index is 1.78. The number of amides is 3. The number of imide groups is 1. The summed E-state index contributed by atoms with van der Waals surface area (Å²) in [5.74, 6) is -0.437. The molecule has 3 amide bonds. The largest absolute Gasteiger partial charge is 0.379 e. The lowest BCUT2D eigenvalue weighted by molar-refractivity contribution is -0.140. The molecule has 0 saturated carbocycles. The number of carbonyl (C=O) groups excluding carboxylic acids is 3. The lowest BCUT2D eigenvalue weighted by Gasteiger charge is -2.14. The van der Waals surface area contributed by atoms with Crippen molar-refractivity contribution in [1.82, 2.24) is 10.2 Å². The molecule has 1 heterocycles. The van der Waals surface area contributed by atoms with Crippen molar-refractivity contribution in [2.24, 2.45) is 5.92 Å². The van der Waals surface area contributed by atoms with Crippen LogP contribution in [0.3, 0.4) is 0 Å². The minimum absolute atomic E-state index is 0.0239. The van der Waals surface area contributed by atoms with Crippen molar-refractivity contribution in [3.63, 3.8) is 0 Å². The zero-order valence-corrected chi connectivity index (χ0v) is 18.5. The van der Waals surface area contributed by atoms with Gasteiger partial charge in [0.25, 0.3) is 0 Å². The molecular formula is C21H38N2O7. The van der Waals surface area contributed by atoms with Crippen LogP contribution in [0.2, 0.25) is 0 Å². The molecule has 174 valence electrons. The number of likely N-dealkylation sites (tertiary alicyclic amines) is 1. The first-order valence-corrected chi connectivity index (χ1v) is 11.0. The monoisotopic (exact) mass is 430 g/mol. The number of unbranched alkanes of at least 4 members (excludes halogenated alkanes) is 2. The van der Waals surface area contributed by atoms with E-state index < -0.39 is 0 Å². The molecule has 0 spiro atoms. The van der Waals surface area contributed by atoms with Crippen LogP contribution >= 0.6 is 0 Å². The topological polar surface area (TPSA) is 103 Å². The minimum atomic E-state index is -0.217. The average molecular weight is 431 g/mol. The maximum Gasteiger partial charge on any atom is 0.232 e. The predicted molar refractivity (Wildman–Crippen MR) is 111 cm³/mol. The molecule has 0 aromatic heterocycles. The van der Waals surface area contributed by atoms with Gasteiger partial charge in [0.15, 0.2) is 0 Å². The van der Waals surface area contributed by atoms with E-state index in [4.69, 9.17) is 18.9 Å². The number of hydrogen-bond donors (Lipinski definition) is 1. The smallest absolute Gasteiger partial charge is 0.232 e. The van der Waals surface area contributed by atoms with Gasteiger partial charge in [-0.05, 0) is 6.42 Å². The molecule has 1 unspecified atom stereocenters. The van der Waals surface area contributed by atoms with E-state index >= 15 is 0 Å². The van der Waals surface area contributed by atoms with Crippen LogP contribution in [0.1, 0.15) is 46.0 Å². The van der Waals surface area contributed by atoms with E-state index in [-0.39, 0.29) is 23.6 Å². The van der Waals surface area contributed by atoms with Crippen LogP contribution < -0.4 is 5.32 Å². The van der Waals surface area contributed by atoms with E-state index in [0.717, 1.165) is 25.8 Å². The van der Waals surface area contributed by atoms with E-state index in [2.05, 4.69) is 12.2 Å². The third kappa shape index (κ3) is 12.2. The summed E-state index contributed by atoms with van der Waals surface area (Å²) in [6, 6.07) is 0. The second-order valence-corrected chi connectivity index (χ2v) is 7.25. The Morgan fingerprint density at radius 3 is 2.03 bits per heavy atom. The number of rotatable bonds is 19. The predicted octanol–water partition coefficient (Wildman–Crippen LogP) is 1.14. The maximum atomic E-state index is 11.7. The highest BCUT2D eigenvalue weighted by Crippen LogP contribution is 2.17. The summed E-state index contributed by atoms with van der Waals surface area (Å²) in [4.78, 5) is 36.2. The molecule has 1 rings (SSSR count). The van der Waals surface area contributed by atoms with Gasteiger partial charge in [0.1, 0.15) is 0 Å². The lowest BCUT2D eigenvalue weighted by atomic mass is 10.1. The molecule has 30 heavy (non-hydrogen) atoms. The van der Waals surface area contributed by atoms with Crippen molar-refractivity contribution >= 4 is 17.7 Å². The van der Waals surface area contributed by atoms with E-state index in [1.54, 1.807) is 6.92 Å². The normalized spacial score (nSPS) is 16.5. The van der Waals surface area contributed by atoms with Crippen molar-refractivity contribution in [3.05, 3.63) is 0 Å². The SMILES string of the molecule is CCCCCNC(=O)CCOCCOCCOCCOCCN1C(=O)CC(C)C1=O. The van der Waals surface area contributed by atoms with E-state index in [9.17, 15) is 14.4 Å². The molecule has 1 atom stereocenters. The van der Waals surface area contributed by atoms with Gasteiger partial charge >= 0.3 is 0 Å². The fourth-order valence-corrected chi connectivity index (χ4v) is 2.86. The zero-order valence-electron chi connectivity index (χ0n) is 18.5. The van der Waals surface area contributed by atoms with E-state index in [0.29, 0.717) is 72.2 Å². The Bertz CT molecular complexity index is 502. The molecule has 0 aromatic carbocycles. The Kier molecular flexibility index (Phi) is 15.2. The van der Waals surface area contributed by atoms with Gasteiger partial charge in [-0.3, -0.25) is 19.3 Å². The van der Waals surface area contributed by atoms with Crippen molar-refractivity contribution in [3.8, 4) is 0 Å². The minimum Gasteiger partial charge on any atom is -0.379 e. The summed E-state index contributed by atoms with van der Waals surface area (Å²) in [7, 11) is 0. The van der Waals surface area contributed by atoms with Gasteiger partial charge in [-0.2, -0.15) is 0 Å². The number of hydrogen-bond acceptors (Lipinski definition) is 7. The highest BCUT2D eigenvalue weighted by Gasteiger charge is 2.34. The molecule has 1 saturated heterocycles. The first-order chi connectivity index (χ1) is 14.6. The van der Waals surface area contributed by atoms with Crippen molar-refractivity contribution in [2.45, 2.75) is 46.0 Å². The van der Waals surface area contributed by atoms with Gasteiger partial charge in [-0.1, -0.05) is 26.7 Å². The lowest BCUT2D eigenvalue weighted by Crippen LogP contribution is -2.33. The highest BCUT2D eigenvalue weighted by molar-refractivity contribution is 6.03. The van der Waals surface area contributed by atoms with Gasteiger partial charge in [0.2, 0.25) is 17.7 Å². The summed E-state index contributed by atoms with van der Waals surface area (Å²) < 4.78 is 21.5. The van der Waals surface area contributed by atoms with Gasteiger partial charge < -0.3 is 24.3 Å². The van der Waals surface area contributed by atoms with Crippen LogP contribution in [0.25, 0.3) is 0 Å². The first-order valence-electron chi connectivity index (χ1n) is 11.0. The summed E-state index contributed by atoms with van der Waals surface area (Å²) >= 11 is 0. The van der Waals surface area contributed by atoms with Crippen molar-refractivity contribution in [2.75, 3.05) is 65.9 Å². The van der Waals surface area contributed by atoms with Crippen LogP contribution in [0, 0.1) is 5.92 Å². The Morgan fingerprint density at radius 2 is 1.50 bits per heavy atom. The van der Waals surface area contributed by atoms with Crippen LogP contribution in [0.4, 0.5) is 0 Å². The van der Waals surface area contributed by atoms with Gasteiger partial charge in [-0.15, -0.1) is 0 Å². The molecular weight excluding hydrogens is 392 g/mol. The summed E-state index contributed by atoms with van der Waals surface area (Å²) in [6.07, 6.45) is 3.96. The molecule has 9 nitrogen and oxygen atoms in total. The Morgan fingerprint density at radius 1 is 0.933 bits per heavy atom. The van der Waals surface area contributed by atoms with Gasteiger partial charge in [-0.25, -0.2) is 0 Å². The second kappa shape index (κ2) is 17.2. The van der Waals surface area contributed by atoms with Crippen LogP contribution in [-0.2, 0) is 33.3 Å². The van der Waals surface area contributed by atoms with Crippen molar-refractivity contribution in [1.29, 1.82) is 0 Å². The molecule has 1 aliphatic rings. The Labute approximate surface area is 179 Å². The van der Waals surface area contributed by atoms with Crippen LogP contribution in [-0.4, -0.2) is 88.6 Å². The second-order valence-electron chi connectivity index (χ2n) is 7.25. The molecule has 1 fully saturated rings. The molecule has 0 aromatic rings. The fraction of sp³-hybridized carbons (Fsp3) is 0.857. The molecule has 1 aliphatic heterocycles. The third-order valence-electron chi connectivity index (χ3n) is 4.62. The average Bonchev–Trinajstić information content (AvgIpc) is 2.97. The number of carbonyl (C=O) groups is 3. The number of ether oxygens (including phenoxy) is 4. The molecule has 1 N–H and O–H groups in total. The van der Waals surface area contributed by atoms with Crippen molar-refractivity contribution < 1.29 is 33.3 Å². The number of nitrogens with zero attached hydrogens (tertiary/aromatic N) is 1. The molecule has 9 heteroatoms. The summed E-state index contributed by atoms with van der Waals surface area (Å²) in [5.41, 5.74) is 0. The van der Waals surface area contributed by atoms with Crippen LogP contribution in [0.15, 0.2) is 0 Å². The number of nitrogens with one attached hydrogen (secondary N) is 1. The standard InChI is InChI=1S/C21H38N2O7/c1-3-4-5-7-22-19(24)6-9-27-11-13-29-15-16-30-14-12-28-10-8-23-20(25)17-18(2)21(23)26/h18H,3-17H2,1-2H3,(H,22,24). The fourth-order valence-electron chi connectivity index (χ4n) is 2.86. The zero-order chi connectivity index (χ0) is 22.0. The summed E-state index contributed by atoms with van der Waals surface area (Å²) in [6.45, 7) is 8.25. The summed E-state index contributed by atoms with van der Waals surface area (Å²) in [5, 5.41) is 2.87. The molecule has 0 bridgehead atoms.